The average molecular weight is 389 g/mol. The van der Waals surface area contributed by atoms with E-state index in [0.29, 0.717) is 18.4 Å². The lowest BCUT2D eigenvalue weighted by atomic mass is 9.96. The summed E-state index contributed by atoms with van der Waals surface area (Å²) in [7, 11) is 0. The topological polar surface area (TPSA) is 74.3 Å². The molecule has 1 unspecified atom stereocenters. The van der Waals surface area contributed by atoms with Crippen LogP contribution in [-0.4, -0.2) is 47.5 Å². The molecular formula is C20H28N4O2S. The Bertz CT molecular complexity index is 763. The highest BCUT2D eigenvalue weighted by molar-refractivity contribution is 7.18. The van der Waals surface area contributed by atoms with Crippen molar-refractivity contribution in [1.82, 2.24) is 20.5 Å². The Morgan fingerprint density at radius 1 is 1.22 bits per heavy atom. The summed E-state index contributed by atoms with van der Waals surface area (Å²) in [5, 5.41) is 6.36. The van der Waals surface area contributed by atoms with Crippen molar-refractivity contribution in [2.24, 2.45) is 5.92 Å². The number of nitrogens with zero attached hydrogens (tertiary/aromatic N) is 2. The van der Waals surface area contributed by atoms with Crippen molar-refractivity contribution in [2.75, 3.05) is 19.6 Å². The van der Waals surface area contributed by atoms with Crippen LogP contribution in [0, 0.1) is 5.92 Å². The Kier molecular flexibility index (Phi) is 6.44. The van der Waals surface area contributed by atoms with E-state index in [-0.39, 0.29) is 11.9 Å². The molecular weight excluding hydrogens is 360 g/mol. The van der Waals surface area contributed by atoms with Crippen molar-refractivity contribution < 1.29 is 9.59 Å². The predicted molar refractivity (Wildman–Crippen MR) is 109 cm³/mol. The van der Waals surface area contributed by atoms with Crippen LogP contribution in [0.2, 0.25) is 0 Å². The highest BCUT2D eigenvalue weighted by Crippen LogP contribution is 2.34. The first-order valence-corrected chi connectivity index (χ1v) is 10.4. The summed E-state index contributed by atoms with van der Waals surface area (Å²) in [6.07, 6.45) is 1.97. The largest absolute Gasteiger partial charge is 0.338 e. The number of likely N-dealkylation sites (tertiary alicyclic amines) is 1. The zero-order valence-corrected chi connectivity index (χ0v) is 17.0. The number of carbonyl (C=O) groups excluding carboxylic acids is 2. The molecule has 0 spiro atoms. The van der Waals surface area contributed by atoms with Crippen LogP contribution in [0.4, 0.5) is 4.79 Å². The van der Waals surface area contributed by atoms with E-state index in [1.807, 2.05) is 32.9 Å². The highest BCUT2D eigenvalue weighted by Gasteiger charge is 2.29. The normalized spacial score (nSPS) is 17.2. The lowest BCUT2D eigenvalue weighted by Crippen LogP contribution is -2.51. The van der Waals surface area contributed by atoms with E-state index in [2.05, 4.69) is 27.7 Å². The van der Waals surface area contributed by atoms with Crippen LogP contribution in [0.5, 0.6) is 0 Å². The summed E-state index contributed by atoms with van der Waals surface area (Å²) < 4.78 is 1.23. The number of amides is 3. The Hall–Kier alpha value is -1.99. The van der Waals surface area contributed by atoms with Crippen molar-refractivity contribution >= 4 is 33.5 Å². The fraction of sp³-hybridized carbons (Fsp3) is 0.550. The molecule has 1 fully saturated rings. The van der Waals surface area contributed by atoms with Gasteiger partial charge in [-0.25, -0.2) is 9.78 Å². The molecule has 1 aromatic carbocycles. The van der Waals surface area contributed by atoms with Gasteiger partial charge in [0.2, 0.25) is 5.91 Å². The second-order valence-corrected chi connectivity index (χ2v) is 8.66. The summed E-state index contributed by atoms with van der Waals surface area (Å²) in [5.41, 5.74) is 1.07. The van der Waals surface area contributed by atoms with E-state index >= 15 is 0 Å². The maximum atomic E-state index is 12.3. The van der Waals surface area contributed by atoms with E-state index in [1.54, 1.807) is 11.3 Å². The van der Waals surface area contributed by atoms with E-state index in [0.717, 1.165) is 31.4 Å². The van der Waals surface area contributed by atoms with Crippen molar-refractivity contribution in [1.29, 1.82) is 0 Å². The molecule has 3 amide bonds. The molecule has 0 radical (unpaired) electrons. The molecule has 1 saturated heterocycles. The third kappa shape index (κ3) is 5.05. The van der Waals surface area contributed by atoms with Gasteiger partial charge in [0.05, 0.1) is 21.3 Å². The number of para-hydroxylation sites is 1. The molecule has 2 aromatic rings. The fourth-order valence-corrected chi connectivity index (χ4v) is 4.46. The van der Waals surface area contributed by atoms with Gasteiger partial charge in [0.25, 0.3) is 0 Å². The summed E-state index contributed by atoms with van der Waals surface area (Å²) in [6.45, 7) is 8.12. The Morgan fingerprint density at radius 3 is 2.59 bits per heavy atom. The SMILES string of the molecule is CC(C)CNC(=O)NC(=O)C(C)N1CCC(c2nc3ccccc3s2)CC1. The maximum absolute atomic E-state index is 12.3. The first kappa shape index (κ1) is 19.8. The van der Waals surface area contributed by atoms with E-state index in [9.17, 15) is 9.59 Å². The second kappa shape index (κ2) is 8.80. The Morgan fingerprint density at radius 2 is 1.93 bits per heavy atom. The van der Waals surface area contributed by atoms with Crippen LogP contribution in [0.3, 0.4) is 0 Å². The first-order chi connectivity index (χ1) is 12.9. The third-order valence-corrected chi connectivity index (χ3v) is 6.22. The summed E-state index contributed by atoms with van der Waals surface area (Å²) in [4.78, 5) is 31.1. The van der Waals surface area contributed by atoms with E-state index < -0.39 is 6.03 Å². The standard InChI is InChI=1S/C20H28N4O2S/c1-13(2)12-21-20(26)23-18(25)14(3)24-10-8-15(9-11-24)19-22-16-6-4-5-7-17(16)27-19/h4-7,13-15H,8-12H2,1-3H3,(H2,21,23,25,26). The van der Waals surface area contributed by atoms with Gasteiger partial charge in [0.1, 0.15) is 0 Å². The van der Waals surface area contributed by atoms with Crippen LogP contribution in [0.25, 0.3) is 10.2 Å². The van der Waals surface area contributed by atoms with Crippen molar-refractivity contribution in [2.45, 2.75) is 45.6 Å². The number of benzene rings is 1. The zero-order valence-electron chi connectivity index (χ0n) is 16.2. The number of fused-ring (bicyclic) bond motifs is 1. The van der Waals surface area contributed by atoms with Gasteiger partial charge >= 0.3 is 6.03 Å². The highest BCUT2D eigenvalue weighted by atomic mass is 32.1. The number of hydrogen-bond acceptors (Lipinski definition) is 5. The molecule has 0 bridgehead atoms. The average Bonchev–Trinajstić information content (AvgIpc) is 3.10. The minimum Gasteiger partial charge on any atom is -0.338 e. The summed E-state index contributed by atoms with van der Waals surface area (Å²) >= 11 is 1.77. The van der Waals surface area contributed by atoms with Gasteiger partial charge in [0.15, 0.2) is 0 Å². The van der Waals surface area contributed by atoms with Gasteiger partial charge in [-0.2, -0.15) is 0 Å². The number of carbonyl (C=O) groups is 2. The van der Waals surface area contributed by atoms with Gasteiger partial charge in [-0.1, -0.05) is 26.0 Å². The maximum Gasteiger partial charge on any atom is 0.321 e. The second-order valence-electron chi connectivity index (χ2n) is 7.60. The smallest absolute Gasteiger partial charge is 0.321 e. The molecule has 7 heteroatoms. The predicted octanol–water partition coefficient (Wildman–Crippen LogP) is 3.35. The molecule has 27 heavy (non-hydrogen) atoms. The minimum absolute atomic E-state index is 0.241. The minimum atomic E-state index is -0.412. The molecule has 6 nitrogen and oxygen atoms in total. The van der Waals surface area contributed by atoms with Crippen LogP contribution in [0.1, 0.15) is 44.5 Å². The number of nitrogens with one attached hydrogen (secondary N) is 2. The first-order valence-electron chi connectivity index (χ1n) is 9.62. The molecule has 146 valence electrons. The number of thiazole rings is 1. The van der Waals surface area contributed by atoms with Crippen LogP contribution in [0.15, 0.2) is 24.3 Å². The number of urea groups is 1. The van der Waals surface area contributed by atoms with Crippen LogP contribution in [-0.2, 0) is 4.79 Å². The van der Waals surface area contributed by atoms with Crippen molar-refractivity contribution in [3.05, 3.63) is 29.3 Å². The van der Waals surface area contributed by atoms with Crippen molar-refractivity contribution in [3.63, 3.8) is 0 Å². The lowest BCUT2D eigenvalue weighted by Gasteiger charge is -2.34. The monoisotopic (exact) mass is 388 g/mol. The summed E-state index contributed by atoms with van der Waals surface area (Å²) in [6, 6.07) is 7.51. The molecule has 0 saturated carbocycles. The molecule has 2 N–H and O–H groups in total. The Balaban J connectivity index is 1.50. The lowest BCUT2D eigenvalue weighted by molar-refractivity contribution is -0.125. The number of piperidine rings is 1. The molecule has 1 aliphatic rings. The van der Waals surface area contributed by atoms with Gasteiger partial charge in [-0.05, 0) is 50.9 Å². The zero-order chi connectivity index (χ0) is 19.4. The number of aromatic nitrogens is 1. The molecule has 2 heterocycles. The molecule has 1 aliphatic heterocycles. The Labute approximate surface area is 164 Å². The number of imide groups is 1. The van der Waals surface area contributed by atoms with Crippen LogP contribution >= 0.6 is 11.3 Å². The molecule has 1 aromatic heterocycles. The van der Waals surface area contributed by atoms with E-state index in [4.69, 9.17) is 4.98 Å². The third-order valence-electron chi connectivity index (χ3n) is 5.02. The number of hydrogen-bond donors (Lipinski definition) is 2. The fourth-order valence-electron chi connectivity index (χ4n) is 3.32. The van der Waals surface area contributed by atoms with Gasteiger partial charge in [0, 0.05) is 12.5 Å². The van der Waals surface area contributed by atoms with Crippen LogP contribution < -0.4 is 10.6 Å². The summed E-state index contributed by atoms with van der Waals surface area (Å²) in [5.74, 6) is 0.558. The molecule has 1 atom stereocenters. The molecule has 3 rings (SSSR count). The van der Waals surface area contributed by atoms with Gasteiger partial charge in [-0.3, -0.25) is 15.0 Å². The quantitative estimate of drug-likeness (QED) is 0.824. The molecule has 0 aliphatic carbocycles. The van der Waals surface area contributed by atoms with Gasteiger partial charge < -0.3 is 5.32 Å². The van der Waals surface area contributed by atoms with Crippen molar-refractivity contribution in [3.8, 4) is 0 Å². The van der Waals surface area contributed by atoms with E-state index in [1.165, 1.54) is 9.71 Å². The van der Waals surface area contributed by atoms with Gasteiger partial charge in [-0.15, -0.1) is 11.3 Å². The number of rotatable bonds is 5.